The van der Waals surface area contributed by atoms with Crippen molar-refractivity contribution in [3.63, 3.8) is 0 Å². The second-order valence-electron chi connectivity index (χ2n) is 6.76. The molecule has 10 heteroatoms. The molecule has 0 spiro atoms. The Bertz CT molecular complexity index is 1270. The first-order chi connectivity index (χ1) is 14.4. The Hall–Kier alpha value is -3.04. The van der Waals surface area contributed by atoms with Gasteiger partial charge in [-0.25, -0.2) is 18.1 Å². The summed E-state index contributed by atoms with van der Waals surface area (Å²) in [7, 11) is 0. The van der Waals surface area contributed by atoms with Crippen molar-refractivity contribution in [3.05, 3.63) is 73.9 Å². The highest BCUT2D eigenvalue weighted by atomic mass is 35.5. The molecule has 4 rings (SSSR count). The van der Waals surface area contributed by atoms with E-state index in [9.17, 15) is 23.2 Å². The molecule has 1 fully saturated rings. The molecule has 1 aromatic heterocycles. The van der Waals surface area contributed by atoms with Gasteiger partial charge in [-0.05, 0) is 30.3 Å². The Balaban J connectivity index is 1.94. The zero-order valence-corrected chi connectivity index (χ0v) is 16.4. The van der Waals surface area contributed by atoms with Crippen LogP contribution in [0.2, 0.25) is 5.02 Å². The zero-order chi connectivity index (χ0) is 21.4. The molecule has 0 atom stereocenters. The van der Waals surface area contributed by atoms with Gasteiger partial charge in [0.25, 0.3) is 5.56 Å². The summed E-state index contributed by atoms with van der Waals surface area (Å²) in [6, 6.07) is 6.78. The molecule has 0 aliphatic carbocycles. The second-order valence-corrected chi connectivity index (χ2v) is 7.20. The highest BCUT2D eigenvalue weighted by Crippen LogP contribution is 2.18. The Morgan fingerprint density at radius 2 is 1.80 bits per heavy atom. The van der Waals surface area contributed by atoms with Crippen molar-refractivity contribution in [2.75, 3.05) is 26.3 Å². The van der Waals surface area contributed by atoms with Crippen molar-refractivity contribution < 1.29 is 18.3 Å². The number of nitrogens with zero attached hydrogens (tertiary/aromatic N) is 3. The lowest BCUT2D eigenvalue weighted by atomic mass is 10.2. The summed E-state index contributed by atoms with van der Waals surface area (Å²) in [4.78, 5) is 40.5. The molecule has 1 aliphatic heterocycles. The van der Waals surface area contributed by atoms with Crippen molar-refractivity contribution in [1.82, 2.24) is 14.0 Å². The number of carbonyl (C=O) groups is 1. The van der Waals surface area contributed by atoms with Crippen molar-refractivity contribution in [3.8, 4) is 5.69 Å². The summed E-state index contributed by atoms with van der Waals surface area (Å²) in [5, 5.41) is 0.331. The van der Waals surface area contributed by atoms with Gasteiger partial charge < -0.3 is 9.64 Å². The Labute approximate surface area is 173 Å². The van der Waals surface area contributed by atoms with Gasteiger partial charge in [-0.3, -0.25) is 14.2 Å². The Morgan fingerprint density at radius 3 is 2.50 bits per heavy atom. The topological polar surface area (TPSA) is 73.5 Å². The number of aromatic nitrogens is 2. The monoisotopic (exact) mass is 435 g/mol. The van der Waals surface area contributed by atoms with E-state index in [0.717, 1.165) is 16.7 Å². The van der Waals surface area contributed by atoms with E-state index < -0.39 is 28.6 Å². The smallest absolute Gasteiger partial charge is 0.336 e. The average Bonchev–Trinajstić information content (AvgIpc) is 2.73. The molecular formula is C20H16ClF2N3O4. The van der Waals surface area contributed by atoms with E-state index in [2.05, 4.69) is 0 Å². The van der Waals surface area contributed by atoms with Gasteiger partial charge in [0, 0.05) is 24.2 Å². The third-order valence-corrected chi connectivity index (χ3v) is 5.15. The van der Waals surface area contributed by atoms with Gasteiger partial charge in [0.1, 0.15) is 18.2 Å². The van der Waals surface area contributed by atoms with E-state index >= 15 is 0 Å². The van der Waals surface area contributed by atoms with Crippen LogP contribution in [-0.2, 0) is 16.1 Å². The number of rotatable bonds is 3. The van der Waals surface area contributed by atoms with Gasteiger partial charge in [-0.1, -0.05) is 11.6 Å². The molecule has 0 radical (unpaired) electrons. The first-order valence-electron chi connectivity index (χ1n) is 9.13. The molecule has 2 heterocycles. The van der Waals surface area contributed by atoms with Gasteiger partial charge in [-0.2, -0.15) is 0 Å². The zero-order valence-electron chi connectivity index (χ0n) is 15.6. The van der Waals surface area contributed by atoms with Crippen LogP contribution in [0, 0.1) is 11.6 Å². The average molecular weight is 436 g/mol. The molecule has 1 aliphatic rings. The maximum Gasteiger partial charge on any atom is 0.336 e. The standard InChI is InChI=1S/C20H16ClF2N3O4/c21-12-1-3-14-17(9-12)25(11-18(27)24-5-7-30-8-6-24)20(29)26(19(14)28)16-4-2-13(22)10-15(16)23/h1-4,9-10H,5-8,11H2. The summed E-state index contributed by atoms with van der Waals surface area (Å²) in [5.74, 6) is -2.28. The van der Waals surface area contributed by atoms with Gasteiger partial charge >= 0.3 is 5.69 Å². The van der Waals surface area contributed by atoms with Gasteiger partial charge in [0.2, 0.25) is 5.91 Å². The van der Waals surface area contributed by atoms with Crippen molar-refractivity contribution in [2.24, 2.45) is 0 Å². The van der Waals surface area contributed by atoms with Crippen LogP contribution in [0.25, 0.3) is 16.6 Å². The lowest BCUT2D eigenvalue weighted by Crippen LogP contribution is -2.46. The number of amides is 1. The Morgan fingerprint density at radius 1 is 1.07 bits per heavy atom. The predicted octanol–water partition coefficient (Wildman–Crippen LogP) is 1.94. The van der Waals surface area contributed by atoms with Crippen LogP contribution < -0.4 is 11.2 Å². The highest BCUT2D eigenvalue weighted by molar-refractivity contribution is 6.31. The maximum absolute atomic E-state index is 14.4. The van der Waals surface area contributed by atoms with Crippen LogP contribution >= 0.6 is 11.6 Å². The molecular weight excluding hydrogens is 420 g/mol. The summed E-state index contributed by atoms with van der Waals surface area (Å²) in [5.41, 5.74) is -1.98. The summed E-state index contributed by atoms with van der Waals surface area (Å²) >= 11 is 6.04. The number of fused-ring (bicyclic) bond motifs is 1. The molecule has 0 saturated carbocycles. The molecule has 7 nitrogen and oxygen atoms in total. The molecule has 1 saturated heterocycles. The van der Waals surface area contributed by atoms with Crippen LogP contribution in [0.1, 0.15) is 0 Å². The Kier molecular flexibility index (Phi) is 5.40. The number of carbonyl (C=O) groups excluding carboxylic acids is 1. The normalized spacial score (nSPS) is 14.3. The van der Waals surface area contributed by atoms with Crippen LogP contribution in [0.4, 0.5) is 8.78 Å². The fourth-order valence-corrected chi connectivity index (χ4v) is 3.58. The van der Waals surface area contributed by atoms with Crippen molar-refractivity contribution >= 4 is 28.4 Å². The van der Waals surface area contributed by atoms with Crippen LogP contribution in [-0.4, -0.2) is 46.2 Å². The predicted molar refractivity (Wildman–Crippen MR) is 106 cm³/mol. The van der Waals surface area contributed by atoms with E-state index in [0.29, 0.717) is 36.9 Å². The molecule has 3 aromatic rings. The third kappa shape index (κ3) is 3.61. The SMILES string of the molecule is O=C(Cn1c(=O)n(-c2ccc(F)cc2F)c(=O)c2ccc(Cl)cc21)N1CCOCC1. The second kappa shape index (κ2) is 8.00. The third-order valence-electron chi connectivity index (χ3n) is 4.91. The summed E-state index contributed by atoms with van der Waals surface area (Å²) in [6.45, 7) is 1.14. The van der Waals surface area contributed by atoms with E-state index in [1.165, 1.54) is 18.2 Å². The molecule has 0 N–H and O–H groups in total. The minimum Gasteiger partial charge on any atom is -0.378 e. The van der Waals surface area contributed by atoms with E-state index in [4.69, 9.17) is 16.3 Å². The molecule has 0 bridgehead atoms. The number of ether oxygens (including phenoxy) is 1. The van der Waals surface area contributed by atoms with Crippen molar-refractivity contribution in [2.45, 2.75) is 6.54 Å². The first kappa shape index (κ1) is 20.2. The van der Waals surface area contributed by atoms with Crippen LogP contribution in [0.5, 0.6) is 0 Å². The molecule has 30 heavy (non-hydrogen) atoms. The quantitative estimate of drug-likeness (QED) is 0.630. The summed E-state index contributed by atoms with van der Waals surface area (Å²) in [6.07, 6.45) is 0. The first-order valence-corrected chi connectivity index (χ1v) is 9.50. The summed E-state index contributed by atoms with van der Waals surface area (Å²) < 4.78 is 34.6. The van der Waals surface area contributed by atoms with E-state index in [1.54, 1.807) is 4.90 Å². The lowest BCUT2D eigenvalue weighted by molar-refractivity contribution is -0.135. The highest BCUT2D eigenvalue weighted by Gasteiger charge is 2.22. The van der Waals surface area contributed by atoms with E-state index in [1.807, 2.05) is 0 Å². The van der Waals surface area contributed by atoms with Gasteiger partial charge in [0.15, 0.2) is 0 Å². The fraction of sp³-hybridized carbons (Fsp3) is 0.250. The maximum atomic E-state index is 14.4. The number of halogens is 3. The van der Waals surface area contributed by atoms with Crippen LogP contribution in [0.15, 0.2) is 46.0 Å². The number of hydrogen-bond donors (Lipinski definition) is 0. The molecule has 2 aromatic carbocycles. The van der Waals surface area contributed by atoms with E-state index in [-0.39, 0.29) is 28.4 Å². The minimum absolute atomic E-state index is 0.0671. The van der Waals surface area contributed by atoms with Gasteiger partial charge in [-0.15, -0.1) is 0 Å². The number of hydrogen-bond acceptors (Lipinski definition) is 4. The van der Waals surface area contributed by atoms with Gasteiger partial charge in [0.05, 0.1) is 29.8 Å². The molecule has 156 valence electrons. The molecule has 1 amide bonds. The fourth-order valence-electron chi connectivity index (χ4n) is 3.42. The minimum atomic E-state index is -1.08. The lowest BCUT2D eigenvalue weighted by Gasteiger charge is -2.27. The largest absolute Gasteiger partial charge is 0.378 e. The van der Waals surface area contributed by atoms with Crippen LogP contribution in [0.3, 0.4) is 0 Å². The number of benzene rings is 2. The number of morpholine rings is 1. The van der Waals surface area contributed by atoms with Crippen molar-refractivity contribution in [1.29, 1.82) is 0 Å². The molecule has 0 unspecified atom stereocenters.